The van der Waals surface area contributed by atoms with Crippen molar-refractivity contribution in [2.45, 2.75) is 52.1 Å². The summed E-state index contributed by atoms with van der Waals surface area (Å²) in [5.41, 5.74) is 1.80. The van der Waals surface area contributed by atoms with Crippen LogP contribution in [0.5, 0.6) is 0 Å². The van der Waals surface area contributed by atoms with Gasteiger partial charge in [0.05, 0.1) is 11.6 Å². The number of thiazole rings is 1. The normalized spacial score (nSPS) is 18.7. The molecule has 1 aromatic carbocycles. The number of nitrogens with one attached hydrogen (secondary N) is 4. The van der Waals surface area contributed by atoms with E-state index in [2.05, 4.69) is 30.9 Å². The summed E-state index contributed by atoms with van der Waals surface area (Å²) in [6.07, 6.45) is 4.22. The first-order valence-corrected chi connectivity index (χ1v) is 15.8. The summed E-state index contributed by atoms with van der Waals surface area (Å²) in [6.45, 7) is 6.31. The summed E-state index contributed by atoms with van der Waals surface area (Å²) >= 11 is 1.28. The molecule has 0 radical (unpaired) electrons. The van der Waals surface area contributed by atoms with E-state index in [0.717, 1.165) is 5.56 Å². The van der Waals surface area contributed by atoms with Gasteiger partial charge >= 0.3 is 0 Å². The number of fused-ring (bicyclic) bond motifs is 4. The molecule has 3 aromatic heterocycles. The van der Waals surface area contributed by atoms with Crippen molar-refractivity contribution in [2.75, 3.05) is 19.6 Å². The Morgan fingerprint density at radius 1 is 1.07 bits per heavy atom. The van der Waals surface area contributed by atoms with Crippen molar-refractivity contribution >= 4 is 35.0 Å². The zero-order chi connectivity index (χ0) is 31.9. The summed E-state index contributed by atoms with van der Waals surface area (Å²) in [6, 6.07) is 10.2. The summed E-state index contributed by atoms with van der Waals surface area (Å²) in [4.78, 5) is 66.5. The van der Waals surface area contributed by atoms with E-state index in [-0.39, 0.29) is 60.4 Å². The molecule has 4 amide bonds. The molecule has 12 nitrogen and oxygen atoms in total. The standard InChI is InChI=1S/C32H37N7O5S/c1-19(2)26-31-36-24(18-45-31)28(41)34-13-15-39(32(43)22-11-12-33-17-22)14-7-10-25(40)35-23(16-21-8-5-4-6-9-21)30-38-27(20(3)44-30)29(42)37-26/h4-6,8-9,11-12,17-19,23,26,33H,7,10,13-16H2,1-3H3,(H,34,41)(H,35,40)(H,37,42)/t23-,26-/m0/s1. The summed E-state index contributed by atoms with van der Waals surface area (Å²) in [7, 11) is 0. The molecule has 236 valence electrons. The van der Waals surface area contributed by atoms with Gasteiger partial charge < -0.3 is 30.3 Å². The number of nitrogens with zero attached hydrogens (tertiary/aromatic N) is 3. The highest BCUT2D eigenvalue weighted by atomic mass is 32.1. The first-order chi connectivity index (χ1) is 21.7. The number of amides is 4. The van der Waals surface area contributed by atoms with Crippen molar-refractivity contribution in [1.29, 1.82) is 0 Å². The van der Waals surface area contributed by atoms with Gasteiger partial charge in [-0.15, -0.1) is 11.3 Å². The van der Waals surface area contributed by atoms with E-state index in [1.54, 1.807) is 35.7 Å². The predicted molar refractivity (Wildman–Crippen MR) is 168 cm³/mol. The molecule has 0 unspecified atom stereocenters. The highest BCUT2D eigenvalue weighted by molar-refractivity contribution is 7.09. The van der Waals surface area contributed by atoms with Crippen molar-refractivity contribution in [2.24, 2.45) is 5.92 Å². The quantitative estimate of drug-likeness (QED) is 0.265. The van der Waals surface area contributed by atoms with E-state index in [1.165, 1.54) is 11.3 Å². The average molecular weight is 632 g/mol. The van der Waals surface area contributed by atoms with Gasteiger partial charge in [0.2, 0.25) is 11.8 Å². The number of benzene rings is 1. The number of H-pyrrole nitrogens is 1. The van der Waals surface area contributed by atoms with Crippen LogP contribution >= 0.6 is 11.3 Å². The minimum atomic E-state index is -0.624. The van der Waals surface area contributed by atoms with Crippen LogP contribution in [-0.4, -0.2) is 63.1 Å². The molecular weight excluding hydrogens is 594 g/mol. The third-order valence-electron chi connectivity index (χ3n) is 7.55. The van der Waals surface area contributed by atoms with Crippen molar-refractivity contribution in [3.63, 3.8) is 0 Å². The average Bonchev–Trinajstić information content (AvgIpc) is 3.80. The van der Waals surface area contributed by atoms with Gasteiger partial charge in [0.1, 0.15) is 22.5 Å². The van der Waals surface area contributed by atoms with Crippen LogP contribution in [0.2, 0.25) is 0 Å². The molecule has 0 saturated carbocycles. The fourth-order valence-corrected chi connectivity index (χ4v) is 6.15. The molecule has 5 rings (SSSR count). The molecule has 0 aliphatic carbocycles. The molecule has 1 aliphatic heterocycles. The second-order valence-electron chi connectivity index (χ2n) is 11.3. The zero-order valence-electron chi connectivity index (χ0n) is 25.5. The second kappa shape index (κ2) is 14.3. The molecule has 0 spiro atoms. The monoisotopic (exact) mass is 631 g/mol. The number of rotatable bonds is 4. The van der Waals surface area contributed by atoms with Crippen molar-refractivity contribution in [3.05, 3.63) is 93.3 Å². The molecule has 1 aliphatic rings. The molecular formula is C32H37N7O5S. The van der Waals surface area contributed by atoms with E-state index in [0.29, 0.717) is 35.7 Å². The lowest BCUT2D eigenvalue weighted by Gasteiger charge is -2.23. The number of oxazole rings is 1. The Kier molecular flexibility index (Phi) is 10.1. The Bertz CT molecular complexity index is 1630. The van der Waals surface area contributed by atoms with Gasteiger partial charge in [-0.2, -0.15) is 0 Å². The second-order valence-corrected chi connectivity index (χ2v) is 12.2. The third-order valence-corrected chi connectivity index (χ3v) is 8.48. The topological polar surface area (TPSA) is 162 Å². The highest BCUT2D eigenvalue weighted by Gasteiger charge is 2.29. The molecule has 4 N–H and O–H groups in total. The van der Waals surface area contributed by atoms with Gasteiger partial charge in [-0.25, -0.2) is 9.97 Å². The van der Waals surface area contributed by atoms with E-state index in [9.17, 15) is 19.2 Å². The van der Waals surface area contributed by atoms with Crippen LogP contribution < -0.4 is 16.0 Å². The van der Waals surface area contributed by atoms with Gasteiger partial charge in [0.15, 0.2) is 5.69 Å². The number of hydrogen-bond acceptors (Lipinski definition) is 8. The van der Waals surface area contributed by atoms with E-state index in [4.69, 9.17) is 4.42 Å². The Morgan fingerprint density at radius 3 is 2.60 bits per heavy atom. The lowest BCUT2D eigenvalue weighted by Crippen LogP contribution is -2.39. The number of hydrogen-bond donors (Lipinski definition) is 4. The molecule has 4 aromatic rings. The maximum atomic E-state index is 13.5. The lowest BCUT2D eigenvalue weighted by atomic mass is 10.0. The van der Waals surface area contributed by atoms with Crippen LogP contribution in [0.3, 0.4) is 0 Å². The number of carbonyl (C=O) groups excluding carboxylic acids is 4. The van der Waals surface area contributed by atoms with Gasteiger partial charge in [-0.1, -0.05) is 44.2 Å². The van der Waals surface area contributed by atoms with Gasteiger partial charge in [0, 0.05) is 50.2 Å². The Hall–Kier alpha value is -4.78. The molecule has 4 bridgehead atoms. The number of carbonyl (C=O) groups is 4. The van der Waals surface area contributed by atoms with E-state index in [1.807, 2.05) is 44.2 Å². The molecule has 45 heavy (non-hydrogen) atoms. The number of aromatic amines is 1. The Balaban J connectivity index is 1.45. The van der Waals surface area contributed by atoms with E-state index >= 15 is 0 Å². The summed E-state index contributed by atoms with van der Waals surface area (Å²) in [5.74, 6) is -0.760. The fourth-order valence-electron chi connectivity index (χ4n) is 5.13. The SMILES string of the molecule is Cc1oc2nc1C(=O)N[C@@H](C(C)C)c1nc(cs1)C(=O)NCCN(C(=O)c1cc[nH]c1)CCCC(=O)N[C@H]2Cc1ccccc1. The van der Waals surface area contributed by atoms with Crippen molar-refractivity contribution < 1.29 is 23.6 Å². The van der Waals surface area contributed by atoms with Gasteiger partial charge in [-0.05, 0) is 30.9 Å². The molecule has 13 heteroatoms. The Labute approximate surface area is 265 Å². The molecule has 2 atom stereocenters. The van der Waals surface area contributed by atoms with Gasteiger partial charge in [-0.3, -0.25) is 19.2 Å². The highest BCUT2D eigenvalue weighted by Crippen LogP contribution is 2.27. The predicted octanol–water partition coefficient (Wildman–Crippen LogP) is 3.96. The first kappa shape index (κ1) is 31.6. The van der Waals surface area contributed by atoms with Crippen molar-refractivity contribution in [1.82, 2.24) is 35.8 Å². The van der Waals surface area contributed by atoms with Crippen LogP contribution in [0.15, 0.2) is 58.6 Å². The summed E-state index contributed by atoms with van der Waals surface area (Å²) < 4.78 is 5.99. The smallest absolute Gasteiger partial charge is 0.274 e. The fraction of sp³-hybridized carbons (Fsp3) is 0.375. The zero-order valence-corrected chi connectivity index (χ0v) is 26.3. The maximum Gasteiger partial charge on any atom is 0.274 e. The molecule has 4 heterocycles. The number of aromatic nitrogens is 3. The Morgan fingerprint density at radius 2 is 1.87 bits per heavy atom. The van der Waals surface area contributed by atoms with Crippen LogP contribution in [0.1, 0.15) is 92.3 Å². The molecule has 0 saturated heterocycles. The van der Waals surface area contributed by atoms with Gasteiger partial charge in [0.25, 0.3) is 17.7 Å². The van der Waals surface area contributed by atoms with Crippen molar-refractivity contribution in [3.8, 4) is 0 Å². The maximum absolute atomic E-state index is 13.5. The van der Waals surface area contributed by atoms with Crippen LogP contribution in [0.4, 0.5) is 0 Å². The largest absolute Gasteiger partial charge is 0.443 e. The van der Waals surface area contributed by atoms with Crippen LogP contribution in [0, 0.1) is 12.8 Å². The third kappa shape index (κ3) is 7.85. The molecule has 0 fully saturated rings. The lowest BCUT2D eigenvalue weighted by molar-refractivity contribution is -0.122. The van der Waals surface area contributed by atoms with Crippen LogP contribution in [-0.2, 0) is 11.2 Å². The summed E-state index contributed by atoms with van der Waals surface area (Å²) in [5, 5.41) is 11.1. The van der Waals surface area contributed by atoms with Crippen LogP contribution in [0.25, 0.3) is 0 Å². The first-order valence-electron chi connectivity index (χ1n) is 15.0. The van der Waals surface area contributed by atoms with E-state index < -0.39 is 18.0 Å². The minimum absolute atomic E-state index is 0.0429. The number of aryl methyl sites for hydroxylation is 1. The minimum Gasteiger partial charge on any atom is -0.443 e.